The number of hydrogen-bond acceptors (Lipinski definition) is 2. The molecule has 16 heavy (non-hydrogen) atoms. The minimum absolute atomic E-state index is 0.0894. The zero-order valence-corrected chi connectivity index (χ0v) is 9.46. The highest BCUT2D eigenvalue weighted by atomic mass is 35.5. The minimum atomic E-state index is -0.474. The molecule has 1 aromatic heterocycles. The molecule has 4 heteroatoms. The lowest BCUT2D eigenvalue weighted by atomic mass is 10.1. The third kappa shape index (κ3) is 2.10. The van der Waals surface area contributed by atoms with Gasteiger partial charge in [-0.15, -0.1) is 0 Å². The first-order chi connectivity index (χ1) is 7.58. The summed E-state index contributed by atoms with van der Waals surface area (Å²) in [5, 5.41) is 0.0894. The first-order valence-corrected chi connectivity index (χ1v) is 5.22. The maximum atomic E-state index is 13.2. The Labute approximate surface area is 97.8 Å². The van der Waals surface area contributed by atoms with Crippen LogP contribution in [0, 0.1) is 12.7 Å². The Balaban J connectivity index is 2.33. The van der Waals surface area contributed by atoms with Gasteiger partial charge in [-0.05, 0) is 36.8 Å². The molecule has 0 fully saturated rings. The van der Waals surface area contributed by atoms with Crippen molar-refractivity contribution in [3.8, 4) is 0 Å². The second-order valence-electron chi connectivity index (χ2n) is 3.60. The predicted octanol–water partition coefficient (Wildman–Crippen LogP) is 3.43. The van der Waals surface area contributed by atoms with E-state index in [9.17, 15) is 4.39 Å². The van der Waals surface area contributed by atoms with Crippen LogP contribution in [0.2, 0.25) is 5.02 Å². The van der Waals surface area contributed by atoms with Crippen molar-refractivity contribution in [2.45, 2.75) is 13.0 Å². The van der Waals surface area contributed by atoms with Crippen LogP contribution in [0.25, 0.3) is 0 Å². The van der Waals surface area contributed by atoms with Gasteiger partial charge in [0.1, 0.15) is 17.3 Å². The third-order valence-electron chi connectivity index (χ3n) is 2.37. The van der Waals surface area contributed by atoms with E-state index in [4.69, 9.17) is 21.8 Å². The zero-order valence-electron chi connectivity index (χ0n) is 8.71. The summed E-state index contributed by atoms with van der Waals surface area (Å²) in [6, 6.07) is 7.63. The molecule has 0 aliphatic carbocycles. The average Bonchev–Trinajstić information content (AvgIpc) is 2.68. The van der Waals surface area contributed by atoms with Gasteiger partial charge in [-0.25, -0.2) is 4.39 Å². The van der Waals surface area contributed by atoms with Crippen LogP contribution in [0.4, 0.5) is 4.39 Å². The molecule has 2 rings (SSSR count). The molecule has 1 atom stereocenters. The monoisotopic (exact) mass is 239 g/mol. The highest BCUT2D eigenvalue weighted by molar-refractivity contribution is 6.30. The van der Waals surface area contributed by atoms with E-state index >= 15 is 0 Å². The van der Waals surface area contributed by atoms with E-state index in [0.29, 0.717) is 11.3 Å². The van der Waals surface area contributed by atoms with Crippen LogP contribution >= 0.6 is 11.6 Å². The molecule has 0 amide bonds. The van der Waals surface area contributed by atoms with Crippen molar-refractivity contribution >= 4 is 11.6 Å². The molecule has 0 saturated heterocycles. The number of rotatable bonds is 2. The van der Waals surface area contributed by atoms with E-state index < -0.39 is 11.9 Å². The van der Waals surface area contributed by atoms with Gasteiger partial charge in [-0.2, -0.15) is 0 Å². The molecular formula is C12H11ClFNO. The molecule has 0 radical (unpaired) electrons. The topological polar surface area (TPSA) is 39.2 Å². The second-order valence-corrected chi connectivity index (χ2v) is 4.01. The zero-order chi connectivity index (χ0) is 11.7. The molecule has 1 unspecified atom stereocenters. The van der Waals surface area contributed by atoms with Crippen molar-refractivity contribution in [2.75, 3.05) is 0 Å². The Morgan fingerprint density at radius 3 is 2.62 bits per heavy atom. The van der Waals surface area contributed by atoms with Gasteiger partial charge < -0.3 is 10.2 Å². The van der Waals surface area contributed by atoms with E-state index in [0.717, 1.165) is 5.76 Å². The minimum Gasteiger partial charge on any atom is -0.464 e. The molecule has 0 spiro atoms. The standard InChI is InChI=1S/C12H11ClFNO/c1-7-2-5-11(16-7)12(15)8-3-4-9(13)10(14)6-8/h2-6,12H,15H2,1H3. The lowest BCUT2D eigenvalue weighted by Crippen LogP contribution is -2.11. The highest BCUT2D eigenvalue weighted by Gasteiger charge is 2.14. The Bertz CT molecular complexity index is 509. The summed E-state index contributed by atoms with van der Waals surface area (Å²) in [7, 11) is 0. The Morgan fingerprint density at radius 1 is 1.31 bits per heavy atom. The van der Waals surface area contributed by atoms with E-state index in [-0.39, 0.29) is 5.02 Å². The number of nitrogens with two attached hydrogens (primary N) is 1. The maximum absolute atomic E-state index is 13.2. The van der Waals surface area contributed by atoms with Crippen molar-refractivity contribution in [3.63, 3.8) is 0 Å². The lowest BCUT2D eigenvalue weighted by molar-refractivity contribution is 0.465. The number of furan rings is 1. The Morgan fingerprint density at radius 2 is 2.06 bits per heavy atom. The van der Waals surface area contributed by atoms with Gasteiger partial charge in [0.2, 0.25) is 0 Å². The number of halogens is 2. The van der Waals surface area contributed by atoms with E-state index in [1.807, 2.05) is 13.0 Å². The fraction of sp³-hybridized carbons (Fsp3) is 0.167. The van der Waals surface area contributed by atoms with Crippen molar-refractivity contribution in [3.05, 3.63) is 58.3 Å². The lowest BCUT2D eigenvalue weighted by Gasteiger charge is -2.09. The van der Waals surface area contributed by atoms with E-state index in [1.54, 1.807) is 12.1 Å². The van der Waals surface area contributed by atoms with Gasteiger partial charge in [0.15, 0.2) is 0 Å². The van der Waals surface area contributed by atoms with Crippen LogP contribution < -0.4 is 5.73 Å². The van der Waals surface area contributed by atoms with Gasteiger partial charge in [0.25, 0.3) is 0 Å². The van der Waals surface area contributed by atoms with Crippen molar-refractivity contribution in [1.82, 2.24) is 0 Å². The first kappa shape index (κ1) is 11.2. The molecular weight excluding hydrogens is 229 g/mol. The molecule has 2 nitrogen and oxygen atoms in total. The fourth-order valence-electron chi connectivity index (χ4n) is 1.49. The molecule has 2 N–H and O–H groups in total. The van der Waals surface area contributed by atoms with Gasteiger partial charge in [0.05, 0.1) is 11.1 Å². The molecule has 84 valence electrons. The van der Waals surface area contributed by atoms with Crippen LogP contribution in [0.15, 0.2) is 34.7 Å². The first-order valence-electron chi connectivity index (χ1n) is 4.85. The van der Waals surface area contributed by atoms with Gasteiger partial charge >= 0.3 is 0 Å². The van der Waals surface area contributed by atoms with Crippen LogP contribution in [-0.4, -0.2) is 0 Å². The highest BCUT2D eigenvalue weighted by Crippen LogP contribution is 2.24. The Kier molecular flexibility index (Phi) is 2.99. The molecule has 2 aromatic rings. The summed E-state index contributed by atoms with van der Waals surface area (Å²) in [4.78, 5) is 0. The summed E-state index contributed by atoms with van der Waals surface area (Å²) in [6.45, 7) is 1.83. The molecule has 0 aliphatic rings. The van der Waals surface area contributed by atoms with Gasteiger partial charge in [-0.1, -0.05) is 17.7 Å². The van der Waals surface area contributed by atoms with Crippen molar-refractivity contribution < 1.29 is 8.81 Å². The third-order valence-corrected chi connectivity index (χ3v) is 2.68. The van der Waals surface area contributed by atoms with Crippen LogP contribution in [0.5, 0.6) is 0 Å². The van der Waals surface area contributed by atoms with Crippen molar-refractivity contribution in [1.29, 1.82) is 0 Å². The van der Waals surface area contributed by atoms with Crippen LogP contribution in [0.3, 0.4) is 0 Å². The number of benzene rings is 1. The van der Waals surface area contributed by atoms with Gasteiger partial charge in [-0.3, -0.25) is 0 Å². The average molecular weight is 240 g/mol. The largest absolute Gasteiger partial charge is 0.464 e. The van der Waals surface area contributed by atoms with Crippen LogP contribution in [0.1, 0.15) is 23.1 Å². The fourth-order valence-corrected chi connectivity index (χ4v) is 1.61. The quantitative estimate of drug-likeness (QED) is 0.872. The summed E-state index contributed by atoms with van der Waals surface area (Å²) in [6.07, 6.45) is 0. The number of aryl methyl sites for hydroxylation is 1. The molecule has 1 heterocycles. The van der Waals surface area contributed by atoms with Crippen LogP contribution in [-0.2, 0) is 0 Å². The summed E-state index contributed by atoms with van der Waals surface area (Å²) >= 11 is 5.60. The van der Waals surface area contributed by atoms with Gasteiger partial charge in [0, 0.05) is 0 Å². The molecule has 0 bridgehead atoms. The summed E-state index contributed by atoms with van der Waals surface area (Å²) in [5.41, 5.74) is 6.58. The smallest absolute Gasteiger partial charge is 0.142 e. The summed E-state index contributed by atoms with van der Waals surface area (Å²) < 4.78 is 18.6. The van der Waals surface area contributed by atoms with E-state index in [1.165, 1.54) is 12.1 Å². The molecule has 1 aromatic carbocycles. The number of hydrogen-bond donors (Lipinski definition) is 1. The normalized spacial score (nSPS) is 12.8. The second kappa shape index (κ2) is 4.28. The summed E-state index contributed by atoms with van der Waals surface area (Å²) in [5.74, 6) is 0.914. The predicted molar refractivity (Wildman–Crippen MR) is 60.9 cm³/mol. The SMILES string of the molecule is Cc1ccc(C(N)c2ccc(Cl)c(F)c2)o1. The van der Waals surface area contributed by atoms with E-state index in [2.05, 4.69) is 0 Å². The maximum Gasteiger partial charge on any atom is 0.142 e. The molecule has 0 aliphatic heterocycles. The Hall–Kier alpha value is -1.32. The van der Waals surface area contributed by atoms with Crippen molar-refractivity contribution in [2.24, 2.45) is 5.73 Å². The molecule has 0 saturated carbocycles.